The van der Waals surface area contributed by atoms with Crippen LogP contribution >= 0.6 is 11.3 Å². The van der Waals surface area contributed by atoms with Gasteiger partial charge in [-0.3, -0.25) is 0 Å². The van der Waals surface area contributed by atoms with Crippen molar-refractivity contribution in [2.75, 3.05) is 0 Å². The van der Waals surface area contributed by atoms with Crippen molar-refractivity contribution in [3.8, 4) is 0 Å². The monoisotopic (exact) mass is 212 g/mol. The lowest BCUT2D eigenvalue weighted by atomic mass is 10.2. The van der Waals surface area contributed by atoms with Gasteiger partial charge in [-0.2, -0.15) is 0 Å². The Morgan fingerprint density at radius 3 is 2.43 bits per heavy atom. The molecular formula is C11H20N2S. The Kier molecular flexibility index (Phi) is 4.55. The van der Waals surface area contributed by atoms with Crippen molar-refractivity contribution in [1.82, 2.24) is 10.3 Å². The maximum atomic E-state index is 4.63. The molecule has 2 nitrogen and oxygen atoms in total. The van der Waals surface area contributed by atoms with Crippen LogP contribution in [0.2, 0.25) is 0 Å². The third-order valence-corrected chi connectivity index (χ3v) is 3.38. The van der Waals surface area contributed by atoms with E-state index in [1.807, 2.05) is 11.3 Å². The summed E-state index contributed by atoms with van der Waals surface area (Å²) in [5, 5.41) is 4.63. The molecule has 80 valence electrons. The second-order valence-electron chi connectivity index (χ2n) is 3.72. The van der Waals surface area contributed by atoms with Gasteiger partial charge in [-0.15, -0.1) is 11.3 Å². The first-order valence-corrected chi connectivity index (χ1v) is 6.19. The number of nitrogens with zero attached hydrogens (tertiary/aromatic N) is 1. The van der Waals surface area contributed by atoms with E-state index in [4.69, 9.17) is 0 Å². The van der Waals surface area contributed by atoms with Crippen LogP contribution < -0.4 is 5.32 Å². The highest BCUT2D eigenvalue weighted by Gasteiger charge is 2.07. The Morgan fingerprint density at radius 2 is 2.00 bits per heavy atom. The molecule has 1 aromatic rings. The average molecular weight is 212 g/mol. The second kappa shape index (κ2) is 5.47. The summed E-state index contributed by atoms with van der Waals surface area (Å²) in [6.45, 7) is 9.61. The fraction of sp³-hybridized carbons (Fsp3) is 0.727. The van der Waals surface area contributed by atoms with Gasteiger partial charge in [-0.25, -0.2) is 4.98 Å². The van der Waals surface area contributed by atoms with Gasteiger partial charge in [-0.05, 0) is 12.8 Å². The molecule has 0 aliphatic rings. The largest absolute Gasteiger partial charge is 0.308 e. The predicted molar refractivity (Wildman–Crippen MR) is 62.8 cm³/mol. The van der Waals surface area contributed by atoms with Crippen LogP contribution in [0.1, 0.15) is 43.3 Å². The zero-order valence-electron chi connectivity index (χ0n) is 9.55. The first-order chi connectivity index (χ1) is 6.67. The number of nitrogens with one attached hydrogen (secondary N) is 1. The minimum Gasteiger partial charge on any atom is -0.308 e. The molecule has 0 aromatic carbocycles. The van der Waals surface area contributed by atoms with Gasteiger partial charge in [0.25, 0.3) is 0 Å². The van der Waals surface area contributed by atoms with Crippen LogP contribution in [0.5, 0.6) is 0 Å². The Hall–Kier alpha value is -0.410. The zero-order chi connectivity index (χ0) is 10.6. The maximum Gasteiger partial charge on any atom is 0.107 e. The summed E-state index contributed by atoms with van der Waals surface area (Å²) >= 11 is 1.85. The molecule has 0 atom stereocenters. The molecule has 1 heterocycles. The van der Waals surface area contributed by atoms with E-state index in [0.29, 0.717) is 6.04 Å². The van der Waals surface area contributed by atoms with E-state index >= 15 is 0 Å². The van der Waals surface area contributed by atoms with Crippen LogP contribution in [0.15, 0.2) is 0 Å². The summed E-state index contributed by atoms with van der Waals surface area (Å²) < 4.78 is 0. The van der Waals surface area contributed by atoms with E-state index in [-0.39, 0.29) is 0 Å². The van der Waals surface area contributed by atoms with E-state index in [1.165, 1.54) is 15.6 Å². The average Bonchev–Trinajstić information content (AvgIpc) is 2.57. The van der Waals surface area contributed by atoms with Gasteiger partial charge >= 0.3 is 0 Å². The lowest BCUT2D eigenvalue weighted by Gasteiger charge is -2.04. The van der Waals surface area contributed by atoms with Gasteiger partial charge in [0, 0.05) is 17.5 Å². The summed E-state index contributed by atoms with van der Waals surface area (Å²) in [7, 11) is 0. The summed E-state index contributed by atoms with van der Waals surface area (Å²) in [5.74, 6) is 0. The van der Waals surface area contributed by atoms with Crippen molar-refractivity contribution in [2.24, 2.45) is 0 Å². The van der Waals surface area contributed by atoms with Gasteiger partial charge in [-0.1, -0.05) is 27.7 Å². The highest BCUT2D eigenvalue weighted by Crippen LogP contribution is 2.19. The molecule has 3 heteroatoms. The second-order valence-corrected chi connectivity index (χ2v) is 4.89. The molecule has 0 aliphatic heterocycles. The lowest BCUT2D eigenvalue weighted by Crippen LogP contribution is -2.21. The number of aryl methyl sites for hydroxylation is 2. The normalized spacial score (nSPS) is 11.2. The quantitative estimate of drug-likeness (QED) is 0.812. The van der Waals surface area contributed by atoms with Crippen LogP contribution in [0, 0.1) is 0 Å². The van der Waals surface area contributed by atoms with Crippen LogP contribution in [-0.2, 0) is 19.4 Å². The molecule has 0 fully saturated rings. The summed E-state index contributed by atoms with van der Waals surface area (Å²) in [6.07, 6.45) is 2.17. The van der Waals surface area contributed by atoms with Crippen molar-refractivity contribution in [3.63, 3.8) is 0 Å². The number of aromatic nitrogens is 1. The maximum absolute atomic E-state index is 4.63. The van der Waals surface area contributed by atoms with Crippen molar-refractivity contribution in [1.29, 1.82) is 0 Å². The van der Waals surface area contributed by atoms with Gasteiger partial charge < -0.3 is 5.32 Å². The summed E-state index contributed by atoms with van der Waals surface area (Å²) in [5.41, 5.74) is 1.29. The Bertz CT molecular complexity index is 257. The lowest BCUT2D eigenvalue weighted by molar-refractivity contribution is 0.586. The van der Waals surface area contributed by atoms with Crippen molar-refractivity contribution in [3.05, 3.63) is 15.6 Å². The highest BCUT2D eigenvalue weighted by molar-refractivity contribution is 7.11. The highest BCUT2D eigenvalue weighted by atomic mass is 32.1. The molecule has 0 amide bonds. The van der Waals surface area contributed by atoms with Crippen molar-refractivity contribution < 1.29 is 0 Å². The van der Waals surface area contributed by atoms with Crippen LogP contribution in [0.4, 0.5) is 0 Å². The molecular weight excluding hydrogens is 192 g/mol. The van der Waals surface area contributed by atoms with Crippen LogP contribution in [-0.4, -0.2) is 11.0 Å². The molecule has 0 radical (unpaired) electrons. The first-order valence-electron chi connectivity index (χ1n) is 5.38. The number of hydrogen-bond donors (Lipinski definition) is 1. The molecule has 0 unspecified atom stereocenters. The smallest absolute Gasteiger partial charge is 0.107 e. The van der Waals surface area contributed by atoms with E-state index < -0.39 is 0 Å². The standard InChI is InChI=1S/C11H20N2S/c1-5-9-10(6-2)14-11(13-9)7-12-8(3)4/h8,12H,5-7H2,1-4H3. The Balaban J connectivity index is 2.64. The minimum absolute atomic E-state index is 0.536. The number of thiazole rings is 1. The molecule has 1 N–H and O–H groups in total. The Morgan fingerprint density at radius 1 is 1.29 bits per heavy atom. The molecule has 14 heavy (non-hydrogen) atoms. The molecule has 0 aliphatic carbocycles. The first kappa shape index (κ1) is 11.7. The predicted octanol–water partition coefficient (Wildman–Crippen LogP) is 2.77. The van der Waals surface area contributed by atoms with Gasteiger partial charge in [0.2, 0.25) is 0 Å². The minimum atomic E-state index is 0.536. The third-order valence-electron chi connectivity index (χ3n) is 2.14. The zero-order valence-corrected chi connectivity index (χ0v) is 10.4. The molecule has 0 bridgehead atoms. The molecule has 0 spiro atoms. The summed E-state index contributed by atoms with van der Waals surface area (Å²) in [4.78, 5) is 6.08. The third kappa shape index (κ3) is 3.07. The van der Waals surface area contributed by atoms with Crippen molar-refractivity contribution >= 4 is 11.3 Å². The van der Waals surface area contributed by atoms with E-state index in [1.54, 1.807) is 0 Å². The number of rotatable bonds is 5. The molecule has 0 saturated carbocycles. The summed E-state index contributed by atoms with van der Waals surface area (Å²) in [6, 6.07) is 0.536. The van der Waals surface area contributed by atoms with Crippen LogP contribution in [0.3, 0.4) is 0 Å². The van der Waals surface area contributed by atoms with E-state index in [0.717, 1.165) is 19.4 Å². The van der Waals surface area contributed by atoms with Crippen LogP contribution in [0.25, 0.3) is 0 Å². The topological polar surface area (TPSA) is 24.9 Å². The number of hydrogen-bond acceptors (Lipinski definition) is 3. The molecule has 0 saturated heterocycles. The Labute approximate surface area is 90.8 Å². The van der Waals surface area contributed by atoms with Crippen molar-refractivity contribution in [2.45, 2.75) is 53.1 Å². The van der Waals surface area contributed by atoms with Gasteiger partial charge in [0.1, 0.15) is 5.01 Å². The van der Waals surface area contributed by atoms with E-state index in [9.17, 15) is 0 Å². The van der Waals surface area contributed by atoms with Gasteiger partial charge in [0.05, 0.1) is 5.69 Å². The van der Waals surface area contributed by atoms with Gasteiger partial charge in [0.15, 0.2) is 0 Å². The fourth-order valence-corrected chi connectivity index (χ4v) is 2.40. The molecule has 1 aromatic heterocycles. The molecule has 1 rings (SSSR count). The van der Waals surface area contributed by atoms with E-state index in [2.05, 4.69) is 38.0 Å². The fourth-order valence-electron chi connectivity index (χ4n) is 1.36. The SMILES string of the molecule is CCc1nc(CNC(C)C)sc1CC.